The molecule has 1 saturated heterocycles. The number of nitrogens with one attached hydrogen (secondary N) is 1. The van der Waals surface area contributed by atoms with Crippen LogP contribution in [0, 0.1) is 12.8 Å². The number of hydrogen-bond acceptors (Lipinski definition) is 6. The smallest absolute Gasteiger partial charge is 0.227 e. The zero-order valence-electron chi connectivity index (χ0n) is 14.2. The predicted molar refractivity (Wildman–Crippen MR) is 96.4 cm³/mol. The molecule has 6 nitrogen and oxygen atoms in total. The summed E-state index contributed by atoms with van der Waals surface area (Å²) in [5, 5.41) is 14.9. The van der Waals surface area contributed by atoms with Crippen molar-refractivity contribution in [1.82, 2.24) is 14.9 Å². The van der Waals surface area contributed by atoms with E-state index in [-0.39, 0.29) is 18.1 Å². The van der Waals surface area contributed by atoms with Gasteiger partial charge in [0.1, 0.15) is 12.4 Å². The summed E-state index contributed by atoms with van der Waals surface area (Å²) in [6, 6.07) is 5.90. The summed E-state index contributed by atoms with van der Waals surface area (Å²) in [6.45, 7) is 3.26. The maximum atomic E-state index is 12.6. The van der Waals surface area contributed by atoms with E-state index in [1.807, 2.05) is 35.4 Å². The molecule has 0 spiro atoms. The van der Waals surface area contributed by atoms with Gasteiger partial charge in [-0.1, -0.05) is 6.07 Å². The summed E-state index contributed by atoms with van der Waals surface area (Å²) in [4.78, 5) is 24.3. The number of rotatable bonds is 5. The molecule has 0 bridgehead atoms. The Morgan fingerprint density at radius 3 is 3.08 bits per heavy atom. The zero-order valence-corrected chi connectivity index (χ0v) is 15.1. The Balaban J connectivity index is 1.47. The van der Waals surface area contributed by atoms with Crippen LogP contribution in [0.4, 0.5) is 5.82 Å². The maximum absolute atomic E-state index is 12.6. The number of aryl methyl sites for hydroxylation is 1. The van der Waals surface area contributed by atoms with Crippen molar-refractivity contribution in [2.24, 2.45) is 5.92 Å². The largest absolute Gasteiger partial charge is 0.388 e. The second-order valence-electron chi connectivity index (χ2n) is 7.02. The van der Waals surface area contributed by atoms with Gasteiger partial charge in [0.2, 0.25) is 5.91 Å². The molecule has 25 heavy (non-hydrogen) atoms. The number of carbonyl (C=O) groups excluding carboxylic acids is 1. The van der Waals surface area contributed by atoms with Gasteiger partial charge >= 0.3 is 0 Å². The van der Waals surface area contributed by atoms with Gasteiger partial charge in [0, 0.05) is 35.6 Å². The van der Waals surface area contributed by atoms with Gasteiger partial charge in [0.05, 0.1) is 12.0 Å². The molecular weight excluding hydrogens is 336 g/mol. The number of aliphatic hydroxyl groups excluding tert-OH is 1. The Hall–Kier alpha value is -1.99. The molecular formula is C18H22N4O2S. The van der Waals surface area contributed by atoms with Gasteiger partial charge in [-0.05, 0) is 31.2 Å². The number of thiophene rings is 1. The van der Waals surface area contributed by atoms with E-state index in [2.05, 4.69) is 15.3 Å². The lowest BCUT2D eigenvalue weighted by atomic mass is 9.69. The van der Waals surface area contributed by atoms with Crippen molar-refractivity contribution in [3.63, 3.8) is 0 Å². The number of nitrogens with zero attached hydrogens (tertiary/aromatic N) is 3. The van der Waals surface area contributed by atoms with E-state index in [0.29, 0.717) is 18.2 Å². The molecule has 2 aromatic rings. The predicted octanol–water partition coefficient (Wildman–Crippen LogP) is 1.98. The summed E-state index contributed by atoms with van der Waals surface area (Å²) >= 11 is 1.63. The highest BCUT2D eigenvalue weighted by molar-refractivity contribution is 7.10. The minimum Gasteiger partial charge on any atom is -0.388 e. The van der Waals surface area contributed by atoms with Crippen molar-refractivity contribution in [2.75, 3.05) is 18.4 Å². The lowest BCUT2D eigenvalue weighted by molar-refractivity contribution is -0.129. The lowest BCUT2D eigenvalue weighted by Crippen LogP contribution is -2.53. The molecule has 4 rings (SSSR count). The molecule has 2 aliphatic rings. The maximum Gasteiger partial charge on any atom is 0.227 e. The molecule has 2 atom stereocenters. The van der Waals surface area contributed by atoms with E-state index in [0.717, 1.165) is 42.3 Å². The van der Waals surface area contributed by atoms with Gasteiger partial charge in [-0.15, -0.1) is 11.3 Å². The van der Waals surface area contributed by atoms with Crippen LogP contribution in [0.15, 0.2) is 23.6 Å². The van der Waals surface area contributed by atoms with Crippen molar-refractivity contribution in [3.05, 3.63) is 40.0 Å². The number of aromatic nitrogens is 2. The zero-order chi connectivity index (χ0) is 17.4. The highest BCUT2D eigenvalue weighted by Gasteiger charge is 2.54. The van der Waals surface area contributed by atoms with Gasteiger partial charge < -0.3 is 15.3 Å². The molecule has 1 aliphatic heterocycles. The number of anilines is 1. The van der Waals surface area contributed by atoms with Crippen LogP contribution in [0.1, 0.15) is 29.2 Å². The van der Waals surface area contributed by atoms with Gasteiger partial charge in [-0.25, -0.2) is 9.97 Å². The fraction of sp³-hybridized carbons (Fsp3) is 0.500. The SMILES string of the molecule is Cc1cc(NC23CCC2CN(C(=O)Cc2cccs2)C3)nc(CO)n1. The summed E-state index contributed by atoms with van der Waals surface area (Å²) in [7, 11) is 0. The van der Waals surface area contributed by atoms with Crippen LogP contribution in [-0.4, -0.2) is 44.5 Å². The number of fused-ring (bicyclic) bond motifs is 1. The molecule has 0 radical (unpaired) electrons. The third-order valence-electron chi connectivity index (χ3n) is 5.31. The third kappa shape index (κ3) is 3.14. The van der Waals surface area contributed by atoms with E-state index >= 15 is 0 Å². The number of carbonyl (C=O) groups is 1. The average Bonchev–Trinajstić information content (AvgIpc) is 3.16. The minimum atomic E-state index is -0.168. The van der Waals surface area contributed by atoms with Gasteiger partial charge in [0.15, 0.2) is 5.82 Å². The van der Waals surface area contributed by atoms with Crippen molar-refractivity contribution < 1.29 is 9.90 Å². The van der Waals surface area contributed by atoms with Crippen LogP contribution in [-0.2, 0) is 17.8 Å². The van der Waals surface area contributed by atoms with Gasteiger partial charge in [-0.3, -0.25) is 4.79 Å². The lowest BCUT2D eigenvalue weighted by Gasteiger charge is -2.44. The van der Waals surface area contributed by atoms with E-state index < -0.39 is 0 Å². The quantitative estimate of drug-likeness (QED) is 0.855. The van der Waals surface area contributed by atoms with Crippen LogP contribution >= 0.6 is 11.3 Å². The molecule has 2 fully saturated rings. The van der Waals surface area contributed by atoms with Crippen molar-refractivity contribution in [2.45, 2.75) is 38.3 Å². The minimum absolute atomic E-state index is 0.0847. The summed E-state index contributed by atoms with van der Waals surface area (Å²) < 4.78 is 0. The Labute approximate surface area is 150 Å². The molecule has 132 valence electrons. The van der Waals surface area contributed by atoms with E-state index in [1.165, 1.54) is 0 Å². The fourth-order valence-electron chi connectivity index (χ4n) is 3.93. The fourth-order valence-corrected chi connectivity index (χ4v) is 4.63. The van der Waals surface area contributed by atoms with E-state index in [4.69, 9.17) is 0 Å². The number of aliphatic hydroxyl groups is 1. The summed E-state index contributed by atoms with van der Waals surface area (Å²) in [5.74, 6) is 1.84. The molecule has 3 heterocycles. The normalized spacial score (nSPS) is 24.7. The van der Waals surface area contributed by atoms with E-state index in [1.54, 1.807) is 11.3 Å². The van der Waals surface area contributed by atoms with Crippen molar-refractivity contribution in [1.29, 1.82) is 0 Å². The van der Waals surface area contributed by atoms with Crippen LogP contribution < -0.4 is 5.32 Å². The third-order valence-corrected chi connectivity index (χ3v) is 6.19. The highest BCUT2D eigenvalue weighted by atomic mass is 32.1. The molecule has 7 heteroatoms. The summed E-state index contributed by atoms with van der Waals surface area (Å²) in [5.41, 5.74) is 0.746. The van der Waals surface area contributed by atoms with Crippen LogP contribution in [0.5, 0.6) is 0 Å². The topological polar surface area (TPSA) is 78.4 Å². The van der Waals surface area contributed by atoms with Gasteiger partial charge in [-0.2, -0.15) is 0 Å². The van der Waals surface area contributed by atoms with E-state index in [9.17, 15) is 9.90 Å². The molecule has 2 unspecified atom stereocenters. The van der Waals surface area contributed by atoms with Crippen LogP contribution in [0.3, 0.4) is 0 Å². The second kappa shape index (κ2) is 6.38. The molecule has 0 aromatic carbocycles. The standard InChI is InChI=1S/C18H22N4O2S/c1-12-7-15(20-16(10-23)19-12)21-18-5-4-13(18)9-22(11-18)17(24)8-14-3-2-6-25-14/h2-3,6-7,13,23H,4-5,8-11H2,1H3,(H,19,20,21). The first-order chi connectivity index (χ1) is 12.1. The summed E-state index contributed by atoms with van der Waals surface area (Å²) in [6.07, 6.45) is 2.66. The first-order valence-corrected chi connectivity index (χ1v) is 9.50. The highest BCUT2D eigenvalue weighted by Crippen LogP contribution is 2.46. The second-order valence-corrected chi connectivity index (χ2v) is 8.05. The van der Waals surface area contributed by atoms with Crippen molar-refractivity contribution in [3.8, 4) is 0 Å². The molecule has 2 N–H and O–H groups in total. The Bertz CT molecular complexity index is 779. The first kappa shape index (κ1) is 16.5. The number of hydrogen-bond donors (Lipinski definition) is 2. The average molecular weight is 358 g/mol. The molecule has 2 aromatic heterocycles. The molecule has 1 amide bonds. The molecule has 1 saturated carbocycles. The Morgan fingerprint density at radius 2 is 2.40 bits per heavy atom. The Kier molecular flexibility index (Phi) is 4.21. The van der Waals surface area contributed by atoms with Crippen molar-refractivity contribution >= 4 is 23.1 Å². The van der Waals surface area contributed by atoms with Crippen LogP contribution in [0.2, 0.25) is 0 Å². The first-order valence-electron chi connectivity index (χ1n) is 8.62. The monoisotopic (exact) mass is 358 g/mol. The Morgan fingerprint density at radius 1 is 1.52 bits per heavy atom. The number of amides is 1. The van der Waals surface area contributed by atoms with Gasteiger partial charge in [0.25, 0.3) is 0 Å². The molecule has 1 aliphatic carbocycles. The van der Waals surface area contributed by atoms with Crippen LogP contribution in [0.25, 0.3) is 0 Å². The number of likely N-dealkylation sites (tertiary alicyclic amines) is 1.